The lowest BCUT2D eigenvalue weighted by Gasteiger charge is -2.29. The lowest BCUT2D eigenvalue weighted by atomic mass is 9.77. The van der Waals surface area contributed by atoms with Gasteiger partial charge in [-0.05, 0) is 79.5 Å². The maximum Gasteiger partial charge on any atom is 0.387 e. The van der Waals surface area contributed by atoms with Gasteiger partial charge < -0.3 is 4.74 Å². The summed E-state index contributed by atoms with van der Waals surface area (Å²) >= 11 is 0. The van der Waals surface area contributed by atoms with Crippen molar-refractivity contribution in [2.75, 3.05) is 0 Å². The molecule has 0 amide bonds. The molecule has 0 unspecified atom stereocenters. The van der Waals surface area contributed by atoms with Crippen LogP contribution in [0.1, 0.15) is 107 Å². The molecule has 178 valence electrons. The third-order valence-corrected chi connectivity index (χ3v) is 6.88. The van der Waals surface area contributed by atoms with E-state index in [0.717, 1.165) is 17.0 Å². The Morgan fingerprint density at radius 1 is 0.758 bits per heavy atom. The maximum atomic E-state index is 12.2. The van der Waals surface area contributed by atoms with E-state index in [1.54, 1.807) is 12.1 Å². The van der Waals surface area contributed by atoms with Crippen LogP contribution in [0.5, 0.6) is 5.75 Å². The third kappa shape index (κ3) is 9.20. The van der Waals surface area contributed by atoms with Crippen LogP contribution in [-0.4, -0.2) is 6.61 Å². The summed E-state index contributed by atoms with van der Waals surface area (Å²) in [5.74, 6) is 8.02. The van der Waals surface area contributed by atoms with Crippen molar-refractivity contribution in [2.45, 2.75) is 96.5 Å². The van der Waals surface area contributed by atoms with Gasteiger partial charge in [-0.1, -0.05) is 82.3 Å². The fourth-order valence-corrected chi connectivity index (χ4v) is 4.88. The standard InChI is InChI=1S/C30H38F2O/c1-2-3-4-5-6-7-8-9-24-12-18-27(19-13-24)28-20-14-25(15-21-28)10-11-26-16-22-29(23-17-26)33-30(31)32/h14-17,20-24,27,30H,2-9,12-13,18-19H2,1H3/t24-,27-. The maximum absolute atomic E-state index is 12.2. The molecule has 1 fully saturated rings. The number of halogens is 2. The van der Waals surface area contributed by atoms with Crippen molar-refractivity contribution < 1.29 is 13.5 Å². The van der Waals surface area contributed by atoms with Crippen molar-refractivity contribution in [1.29, 1.82) is 0 Å². The average Bonchev–Trinajstić information content (AvgIpc) is 2.83. The quantitative estimate of drug-likeness (QED) is 0.244. The summed E-state index contributed by atoms with van der Waals surface area (Å²) in [6.07, 6.45) is 16.6. The second kappa shape index (κ2) is 14.0. The van der Waals surface area contributed by atoms with E-state index in [2.05, 4.69) is 47.8 Å². The van der Waals surface area contributed by atoms with E-state index in [9.17, 15) is 8.78 Å². The predicted molar refractivity (Wildman–Crippen MR) is 133 cm³/mol. The van der Waals surface area contributed by atoms with Gasteiger partial charge in [0.05, 0.1) is 0 Å². The number of hydrogen-bond acceptors (Lipinski definition) is 1. The second-order valence-electron chi connectivity index (χ2n) is 9.40. The Morgan fingerprint density at radius 3 is 1.88 bits per heavy atom. The molecule has 0 heterocycles. The van der Waals surface area contributed by atoms with Gasteiger partial charge in [0, 0.05) is 11.1 Å². The molecule has 0 aliphatic heterocycles. The van der Waals surface area contributed by atoms with Crippen LogP contribution in [0.2, 0.25) is 0 Å². The molecular formula is C30H38F2O. The Labute approximate surface area is 198 Å². The van der Waals surface area contributed by atoms with Gasteiger partial charge in [0.25, 0.3) is 0 Å². The van der Waals surface area contributed by atoms with Gasteiger partial charge in [-0.2, -0.15) is 8.78 Å². The van der Waals surface area contributed by atoms with Crippen LogP contribution >= 0.6 is 0 Å². The molecule has 1 saturated carbocycles. The van der Waals surface area contributed by atoms with Gasteiger partial charge >= 0.3 is 6.61 Å². The number of benzene rings is 2. The van der Waals surface area contributed by atoms with E-state index >= 15 is 0 Å². The number of ether oxygens (including phenoxy) is 1. The lowest BCUT2D eigenvalue weighted by molar-refractivity contribution is -0.0498. The van der Waals surface area contributed by atoms with Crippen molar-refractivity contribution in [1.82, 2.24) is 0 Å². The van der Waals surface area contributed by atoms with Gasteiger partial charge in [0.1, 0.15) is 5.75 Å². The fourth-order valence-electron chi connectivity index (χ4n) is 4.88. The van der Waals surface area contributed by atoms with E-state index in [4.69, 9.17) is 0 Å². The van der Waals surface area contributed by atoms with Crippen molar-refractivity contribution in [3.63, 3.8) is 0 Å². The van der Waals surface area contributed by atoms with E-state index in [-0.39, 0.29) is 5.75 Å². The highest BCUT2D eigenvalue weighted by Gasteiger charge is 2.21. The Morgan fingerprint density at radius 2 is 1.30 bits per heavy atom. The fraction of sp³-hybridized carbons (Fsp3) is 0.533. The number of hydrogen-bond donors (Lipinski definition) is 0. The summed E-state index contributed by atoms with van der Waals surface area (Å²) in [6, 6.07) is 15.1. The number of rotatable bonds is 11. The summed E-state index contributed by atoms with van der Waals surface area (Å²) in [6.45, 7) is -0.527. The minimum absolute atomic E-state index is 0.150. The first-order valence-electron chi connectivity index (χ1n) is 12.8. The van der Waals surface area contributed by atoms with Crippen molar-refractivity contribution >= 4 is 0 Å². The molecular weight excluding hydrogens is 414 g/mol. The van der Waals surface area contributed by atoms with Gasteiger partial charge in [-0.3, -0.25) is 0 Å². The summed E-state index contributed by atoms with van der Waals surface area (Å²) in [5.41, 5.74) is 3.18. The van der Waals surface area contributed by atoms with Crippen molar-refractivity contribution in [3.8, 4) is 17.6 Å². The van der Waals surface area contributed by atoms with Gasteiger partial charge in [-0.15, -0.1) is 0 Å². The molecule has 1 nitrogen and oxygen atoms in total. The number of alkyl halides is 2. The summed E-state index contributed by atoms with van der Waals surface area (Å²) in [4.78, 5) is 0. The van der Waals surface area contributed by atoms with Crippen LogP contribution in [0.3, 0.4) is 0 Å². The SMILES string of the molecule is CCCCCCCCC[C@H]1CC[C@H](c2ccc(C#Cc3ccc(OC(F)F)cc3)cc2)CC1. The normalized spacial score (nSPS) is 18.1. The molecule has 0 radical (unpaired) electrons. The van der Waals surface area contributed by atoms with Crippen molar-refractivity contribution in [3.05, 3.63) is 65.2 Å². The van der Waals surface area contributed by atoms with Crippen molar-refractivity contribution in [2.24, 2.45) is 5.92 Å². The Balaban J connectivity index is 1.39. The third-order valence-electron chi connectivity index (χ3n) is 6.88. The molecule has 3 heteroatoms. The minimum atomic E-state index is -2.80. The van der Waals surface area contributed by atoms with Crippen LogP contribution in [0.4, 0.5) is 8.78 Å². The van der Waals surface area contributed by atoms with Gasteiger partial charge in [-0.25, -0.2) is 0 Å². The molecule has 33 heavy (non-hydrogen) atoms. The first-order valence-corrected chi connectivity index (χ1v) is 12.8. The summed E-state index contributed by atoms with van der Waals surface area (Å²) in [7, 11) is 0. The largest absolute Gasteiger partial charge is 0.435 e. The van der Waals surface area contributed by atoms with Crippen LogP contribution in [0.15, 0.2) is 48.5 Å². The van der Waals surface area contributed by atoms with Crippen LogP contribution in [0.25, 0.3) is 0 Å². The average molecular weight is 453 g/mol. The number of unbranched alkanes of at least 4 members (excludes halogenated alkanes) is 6. The second-order valence-corrected chi connectivity index (χ2v) is 9.40. The summed E-state index contributed by atoms with van der Waals surface area (Å²) in [5, 5.41) is 0. The molecule has 0 spiro atoms. The molecule has 2 aromatic rings. The highest BCUT2D eigenvalue weighted by atomic mass is 19.3. The highest BCUT2D eigenvalue weighted by molar-refractivity contribution is 5.45. The zero-order valence-electron chi connectivity index (χ0n) is 20.0. The van der Waals surface area contributed by atoms with E-state index in [1.165, 1.54) is 94.7 Å². The van der Waals surface area contributed by atoms with Crippen LogP contribution < -0.4 is 4.74 Å². The minimum Gasteiger partial charge on any atom is -0.435 e. The molecule has 1 aliphatic rings. The van der Waals surface area contributed by atoms with Gasteiger partial charge in [0.2, 0.25) is 0 Å². The topological polar surface area (TPSA) is 9.23 Å². The Bertz CT molecular complexity index is 853. The molecule has 3 rings (SSSR count). The molecule has 0 aromatic heterocycles. The first-order chi connectivity index (χ1) is 16.1. The Hall–Kier alpha value is -2.34. The van der Waals surface area contributed by atoms with E-state index in [0.29, 0.717) is 5.92 Å². The monoisotopic (exact) mass is 452 g/mol. The van der Waals surface area contributed by atoms with Crippen LogP contribution in [-0.2, 0) is 0 Å². The molecule has 0 atom stereocenters. The first kappa shape index (κ1) is 25.3. The smallest absolute Gasteiger partial charge is 0.387 e. The predicted octanol–water partition coefficient (Wildman–Crippen LogP) is 9.10. The lowest BCUT2D eigenvalue weighted by Crippen LogP contribution is -2.13. The zero-order valence-corrected chi connectivity index (χ0v) is 20.0. The highest BCUT2D eigenvalue weighted by Crippen LogP contribution is 2.37. The molecule has 1 aliphatic carbocycles. The Kier molecular flexibility index (Phi) is 10.8. The van der Waals surface area contributed by atoms with Gasteiger partial charge in [0.15, 0.2) is 0 Å². The molecule has 0 bridgehead atoms. The van der Waals surface area contributed by atoms with E-state index in [1.807, 2.05) is 0 Å². The zero-order chi connectivity index (χ0) is 23.3. The summed E-state index contributed by atoms with van der Waals surface area (Å²) < 4.78 is 28.8. The van der Waals surface area contributed by atoms with E-state index < -0.39 is 6.61 Å². The molecule has 2 aromatic carbocycles. The molecule has 0 N–H and O–H groups in total. The molecule has 0 saturated heterocycles. The van der Waals surface area contributed by atoms with Crippen LogP contribution in [0, 0.1) is 17.8 Å².